The summed E-state index contributed by atoms with van der Waals surface area (Å²) in [5.41, 5.74) is 0. The highest BCUT2D eigenvalue weighted by Crippen LogP contribution is 2.38. The van der Waals surface area contributed by atoms with E-state index in [0.29, 0.717) is 5.06 Å². The molecule has 0 aliphatic carbocycles. The second kappa shape index (κ2) is 6.76. The summed E-state index contributed by atoms with van der Waals surface area (Å²) in [6.07, 6.45) is 1.79. The van der Waals surface area contributed by atoms with Gasteiger partial charge >= 0.3 is 5.97 Å². The predicted octanol–water partition coefficient (Wildman–Crippen LogP) is 1.82. The van der Waals surface area contributed by atoms with Crippen molar-refractivity contribution in [2.75, 3.05) is 0 Å². The summed E-state index contributed by atoms with van der Waals surface area (Å²) in [5, 5.41) is 0.767. The van der Waals surface area contributed by atoms with Gasteiger partial charge in [0.25, 0.3) is 11.8 Å². The summed E-state index contributed by atoms with van der Waals surface area (Å²) >= 11 is 0. The fourth-order valence-electron chi connectivity index (χ4n) is 1.42. The fraction of sp³-hybridized carbons (Fsp3) is 0.333. The predicted molar refractivity (Wildman–Crippen MR) is 74.3 cm³/mol. The van der Waals surface area contributed by atoms with E-state index in [4.69, 9.17) is 4.84 Å². The number of pyridine rings is 1. The molecule has 1 unspecified atom stereocenters. The number of hydrogen-bond acceptors (Lipinski definition) is 7. The lowest BCUT2D eigenvalue weighted by Crippen LogP contribution is -2.33. The van der Waals surface area contributed by atoms with Crippen LogP contribution in [0.15, 0.2) is 29.4 Å². The first-order chi connectivity index (χ1) is 9.61. The zero-order valence-electron chi connectivity index (χ0n) is 10.6. The summed E-state index contributed by atoms with van der Waals surface area (Å²) in [6, 6.07) is 5.45. The number of hydroxylamine groups is 2. The van der Waals surface area contributed by atoms with Crippen molar-refractivity contribution < 1.29 is 19.2 Å². The van der Waals surface area contributed by atoms with E-state index in [1.54, 1.807) is 19.2 Å². The molecule has 106 valence electrons. The molecule has 1 fully saturated rings. The number of imide groups is 1. The van der Waals surface area contributed by atoms with Crippen molar-refractivity contribution in [2.24, 2.45) is 0 Å². The lowest BCUT2D eigenvalue weighted by atomic mass is 10.4. The highest BCUT2D eigenvalue weighted by atomic mass is 33.1. The molecule has 0 spiro atoms. The molecule has 8 heteroatoms. The maximum absolute atomic E-state index is 12.0. The topological polar surface area (TPSA) is 76.6 Å². The maximum Gasteiger partial charge on any atom is 0.332 e. The molecule has 1 aliphatic rings. The lowest BCUT2D eigenvalue weighted by molar-refractivity contribution is -0.197. The van der Waals surface area contributed by atoms with Crippen LogP contribution in [0, 0.1) is 0 Å². The zero-order valence-corrected chi connectivity index (χ0v) is 12.3. The number of rotatable bonds is 5. The summed E-state index contributed by atoms with van der Waals surface area (Å²) in [4.78, 5) is 43.6. The van der Waals surface area contributed by atoms with Crippen LogP contribution in [-0.4, -0.2) is 33.1 Å². The Balaban J connectivity index is 1.93. The molecule has 2 rings (SSSR count). The standard InChI is InChI=1S/C12H12N2O4S2/c1-2-11(16)18-14-10(15)7-8(12(14)17)19-20-9-5-3-4-6-13-9/h3-6,8H,2,7H2,1H3. The fourth-order valence-corrected chi connectivity index (χ4v) is 3.66. The van der Waals surface area contributed by atoms with Gasteiger partial charge in [-0.15, -0.1) is 5.06 Å². The van der Waals surface area contributed by atoms with Crippen LogP contribution in [0.1, 0.15) is 19.8 Å². The van der Waals surface area contributed by atoms with Crippen LogP contribution in [0.5, 0.6) is 0 Å². The van der Waals surface area contributed by atoms with Gasteiger partial charge in [-0.1, -0.05) is 23.8 Å². The average Bonchev–Trinajstić information content (AvgIpc) is 2.73. The minimum atomic E-state index is -0.602. The van der Waals surface area contributed by atoms with Gasteiger partial charge in [0, 0.05) is 12.6 Å². The molecule has 1 saturated heterocycles. The normalized spacial score (nSPS) is 18.4. The Morgan fingerprint density at radius 2 is 2.30 bits per heavy atom. The van der Waals surface area contributed by atoms with Crippen molar-refractivity contribution in [2.45, 2.75) is 30.0 Å². The van der Waals surface area contributed by atoms with Crippen molar-refractivity contribution in [1.82, 2.24) is 10.0 Å². The highest BCUT2D eigenvalue weighted by Gasteiger charge is 2.42. The third-order valence-corrected chi connectivity index (χ3v) is 5.04. The third-order valence-electron chi connectivity index (χ3n) is 2.43. The summed E-state index contributed by atoms with van der Waals surface area (Å²) in [5.74, 6) is -1.59. The van der Waals surface area contributed by atoms with E-state index in [1.165, 1.54) is 21.6 Å². The monoisotopic (exact) mass is 312 g/mol. The second-order valence-electron chi connectivity index (χ2n) is 3.88. The highest BCUT2D eigenvalue weighted by molar-refractivity contribution is 8.77. The number of hydrogen-bond donors (Lipinski definition) is 0. The smallest absolute Gasteiger partial charge is 0.330 e. The molecule has 6 nitrogen and oxygen atoms in total. The van der Waals surface area contributed by atoms with Crippen molar-refractivity contribution in [3.63, 3.8) is 0 Å². The van der Waals surface area contributed by atoms with E-state index in [2.05, 4.69) is 4.98 Å². The Bertz CT molecular complexity index is 523. The van der Waals surface area contributed by atoms with Gasteiger partial charge in [0.1, 0.15) is 10.3 Å². The molecule has 0 N–H and O–H groups in total. The summed E-state index contributed by atoms with van der Waals surface area (Å²) in [7, 11) is 2.55. The minimum absolute atomic E-state index is 0.0281. The first-order valence-corrected chi connectivity index (χ1v) is 8.15. The molecule has 2 amide bonds. The van der Waals surface area contributed by atoms with Crippen LogP contribution in [-0.2, 0) is 19.2 Å². The van der Waals surface area contributed by atoms with Crippen LogP contribution < -0.4 is 0 Å². The van der Waals surface area contributed by atoms with E-state index in [-0.39, 0.29) is 12.8 Å². The van der Waals surface area contributed by atoms with Crippen molar-refractivity contribution in [3.05, 3.63) is 24.4 Å². The Hall–Kier alpha value is -1.54. The van der Waals surface area contributed by atoms with E-state index in [1.807, 2.05) is 12.1 Å². The molecule has 1 aromatic rings. The Morgan fingerprint density at radius 1 is 1.50 bits per heavy atom. The van der Waals surface area contributed by atoms with Gasteiger partial charge in [-0.2, -0.15) is 0 Å². The Kier molecular flexibility index (Phi) is 5.02. The number of aromatic nitrogens is 1. The number of carbonyl (C=O) groups is 3. The maximum atomic E-state index is 12.0. The van der Waals surface area contributed by atoms with Crippen molar-refractivity contribution in [3.8, 4) is 0 Å². The lowest BCUT2D eigenvalue weighted by Gasteiger charge is -2.12. The molecule has 0 aromatic carbocycles. The van der Waals surface area contributed by atoms with Crippen LogP contribution >= 0.6 is 21.6 Å². The van der Waals surface area contributed by atoms with Crippen molar-refractivity contribution >= 4 is 39.4 Å². The molecule has 1 atom stereocenters. The van der Waals surface area contributed by atoms with E-state index in [0.717, 1.165) is 5.03 Å². The van der Waals surface area contributed by atoms with E-state index < -0.39 is 23.0 Å². The SMILES string of the molecule is CCC(=O)ON1C(=O)CC(SSc2ccccn2)C1=O. The Morgan fingerprint density at radius 3 is 2.95 bits per heavy atom. The zero-order chi connectivity index (χ0) is 14.5. The van der Waals surface area contributed by atoms with Gasteiger partial charge in [-0.25, -0.2) is 9.78 Å². The quantitative estimate of drug-likeness (QED) is 0.606. The summed E-state index contributed by atoms with van der Waals surface area (Å²) in [6.45, 7) is 1.59. The molecule has 0 radical (unpaired) electrons. The van der Waals surface area contributed by atoms with Crippen LogP contribution in [0.4, 0.5) is 0 Å². The molecule has 0 bridgehead atoms. The van der Waals surface area contributed by atoms with Gasteiger partial charge in [-0.3, -0.25) is 9.59 Å². The first-order valence-electron chi connectivity index (χ1n) is 5.93. The molecule has 2 heterocycles. The summed E-state index contributed by atoms with van der Waals surface area (Å²) < 4.78 is 0. The Labute approximate surface area is 123 Å². The van der Waals surface area contributed by atoms with E-state index >= 15 is 0 Å². The van der Waals surface area contributed by atoms with Crippen LogP contribution in [0.2, 0.25) is 0 Å². The number of nitrogens with zero attached hydrogens (tertiary/aromatic N) is 2. The number of amides is 2. The minimum Gasteiger partial charge on any atom is -0.330 e. The largest absolute Gasteiger partial charge is 0.332 e. The van der Waals surface area contributed by atoms with Gasteiger partial charge in [-0.05, 0) is 22.9 Å². The van der Waals surface area contributed by atoms with Gasteiger partial charge < -0.3 is 4.84 Å². The van der Waals surface area contributed by atoms with Crippen LogP contribution in [0.25, 0.3) is 0 Å². The number of carbonyl (C=O) groups excluding carboxylic acids is 3. The molecule has 0 saturated carbocycles. The second-order valence-corrected chi connectivity index (χ2v) is 6.31. The molecular weight excluding hydrogens is 300 g/mol. The third kappa shape index (κ3) is 3.51. The average molecular weight is 312 g/mol. The van der Waals surface area contributed by atoms with Gasteiger partial charge in [0.2, 0.25) is 0 Å². The first kappa shape index (κ1) is 14.9. The van der Waals surface area contributed by atoms with Gasteiger partial charge in [0.05, 0.1) is 6.42 Å². The molecule has 20 heavy (non-hydrogen) atoms. The molecular formula is C12H12N2O4S2. The molecule has 1 aliphatic heterocycles. The van der Waals surface area contributed by atoms with E-state index in [9.17, 15) is 14.4 Å². The van der Waals surface area contributed by atoms with Gasteiger partial charge in [0.15, 0.2) is 0 Å². The van der Waals surface area contributed by atoms with Crippen molar-refractivity contribution in [1.29, 1.82) is 0 Å². The van der Waals surface area contributed by atoms with Crippen LogP contribution in [0.3, 0.4) is 0 Å². The molecule has 1 aromatic heterocycles.